The van der Waals surface area contributed by atoms with Gasteiger partial charge in [-0.05, 0) is 44.0 Å². The van der Waals surface area contributed by atoms with Crippen LogP contribution in [0.15, 0.2) is 40.9 Å². The molecule has 2 rings (SSSR count). The van der Waals surface area contributed by atoms with Crippen molar-refractivity contribution < 1.29 is 0 Å². The highest BCUT2D eigenvalue weighted by Crippen LogP contribution is 2.18. The molecule has 0 aliphatic heterocycles. The largest absolute Gasteiger partial charge is 0.349 e. The first-order valence-corrected chi connectivity index (χ1v) is 6.34. The van der Waals surface area contributed by atoms with Crippen LogP contribution in [0.3, 0.4) is 0 Å². The Kier molecular flexibility index (Phi) is 3.49. The van der Waals surface area contributed by atoms with E-state index in [1.165, 1.54) is 21.4 Å². The van der Waals surface area contributed by atoms with Gasteiger partial charge in [0.15, 0.2) is 0 Å². The summed E-state index contributed by atoms with van der Waals surface area (Å²) in [6.07, 6.45) is 1.07. The van der Waals surface area contributed by atoms with Gasteiger partial charge in [0.25, 0.3) is 0 Å². The fraction of sp³-hybridized carbons (Fsp3) is 0.286. The Balaban J connectivity index is 2.11. The molecule has 0 saturated heterocycles. The van der Waals surface area contributed by atoms with Crippen LogP contribution in [0.5, 0.6) is 0 Å². The summed E-state index contributed by atoms with van der Waals surface area (Å²) in [5.74, 6) is 0. The molecule has 0 aliphatic rings. The number of aryl methyl sites for hydroxylation is 3. The van der Waals surface area contributed by atoms with Crippen LogP contribution in [-0.4, -0.2) is 4.57 Å². The number of hydrogen-bond acceptors (Lipinski definition) is 0. The first kappa shape index (κ1) is 11.5. The lowest BCUT2D eigenvalue weighted by molar-refractivity contribution is 0.662. The molecule has 0 aliphatic carbocycles. The third-order valence-corrected chi connectivity index (χ3v) is 3.75. The van der Waals surface area contributed by atoms with E-state index in [4.69, 9.17) is 0 Å². The summed E-state index contributed by atoms with van der Waals surface area (Å²) in [7, 11) is 0. The maximum Gasteiger partial charge on any atom is 0.0265 e. The molecule has 0 radical (unpaired) electrons. The molecule has 0 N–H and O–H groups in total. The fourth-order valence-electron chi connectivity index (χ4n) is 1.99. The standard InChI is InChI=1S/C14H16BrN/c1-11-7-8-12(2)16(11)10-9-13-5-3-4-6-14(13)15/h3-8H,9-10H2,1-2H3. The highest BCUT2D eigenvalue weighted by atomic mass is 79.9. The summed E-state index contributed by atoms with van der Waals surface area (Å²) >= 11 is 3.59. The molecule has 1 aromatic heterocycles. The van der Waals surface area contributed by atoms with E-state index in [-0.39, 0.29) is 0 Å². The van der Waals surface area contributed by atoms with Gasteiger partial charge in [-0.15, -0.1) is 0 Å². The van der Waals surface area contributed by atoms with Crippen molar-refractivity contribution in [1.82, 2.24) is 4.57 Å². The minimum absolute atomic E-state index is 1.05. The number of halogens is 1. The van der Waals surface area contributed by atoms with Crippen molar-refractivity contribution in [2.45, 2.75) is 26.8 Å². The second kappa shape index (κ2) is 4.88. The van der Waals surface area contributed by atoms with Gasteiger partial charge in [0.2, 0.25) is 0 Å². The zero-order valence-corrected chi connectivity index (χ0v) is 11.3. The Morgan fingerprint density at radius 2 is 1.62 bits per heavy atom. The van der Waals surface area contributed by atoms with Crippen molar-refractivity contribution in [1.29, 1.82) is 0 Å². The number of nitrogens with zero attached hydrogens (tertiary/aromatic N) is 1. The molecule has 0 bridgehead atoms. The first-order chi connectivity index (χ1) is 7.68. The lowest BCUT2D eigenvalue weighted by Crippen LogP contribution is -2.05. The van der Waals surface area contributed by atoms with Gasteiger partial charge in [-0.1, -0.05) is 34.1 Å². The van der Waals surface area contributed by atoms with Crippen LogP contribution < -0.4 is 0 Å². The Morgan fingerprint density at radius 3 is 2.25 bits per heavy atom. The Hall–Kier alpha value is -1.02. The smallest absolute Gasteiger partial charge is 0.0265 e. The molecule has 0 saturated carbocycles. The van der Waals surface area contributed by atoms with Crippen LogP contribution in [0.4, 0.5) is 0 Å². The second-order valence-corrected chi connectivity index (χ2v) is 4.96. The predicted octanol–water partition coefficient (Wildman–Crippen LogP) is 4.11. The van der Waals surface area contributed by atoms with E-state index < -0.39 is 0 Å². The van der Waals surface area contributed by atoms with Crippen LogP contribution in [0.2, 0.25) is 0 Å². The van der Waals surface area contributed by atoms with Gasteiger partial charge in [0.05, 0.1) is 0 Å². The van der Waals surface area contributed by atoms with Crippen LogP contribution in [0, 0.1) is 13.8 Å². The van der Waals surface area contributed by atoms with Gasteiger partial charge < -0.3 is 4.57 Å². The van der Waals surface area contributed by atoms with Crippen molar-refractivity contribution in [3.8, 4) is 0 Å². The average Bonchev–Trinajstić information content (AvgIpc) is 2.58. The number of aromatic nitrogens is 1. The van der Waals surface area contributed by atoms with Crippen LogP contribution in [0.1, 0.15) is 17.0 Å². The summed E-state index contributed by atoms with van der Waals surface area (Å²) in [6.45, 7) is 5.37. The Morgan fingerprint density at radius 1 is 1.00 bits per heavy atom. The molecule has 2 heteroatoms. The molecule has 0 atom stereocenters. The quantitative estimate of drug-likeness (QED) is 0.796. The van der Waals surface area contributed by atoms with E-state index in [1.807, 2.05) is 0 Å². The molecule has 0 fully saturated rings. The zero-order chi connectivity index (χ0) is 11.5. The number of hydrogen-bond donors (Lipinski definition) is 0. The molecular weight excluding hydrogens is 262 g/mol. The van der Waals surface area contributed by atoms with E-state index in [0.717, 1.165) is 13.0 Å². The summed E-state index contributed by atoms with van der Waals surface area (Å²) in [5, 5.41) is 0. The lowest BCUT2D eigenvalue weighted by Gasteiger charge is -2.10. The highest BCUT2D eigenvalue weighted by molar-refractivity contribution is 9.10. The average molecular weight is 278 g/mol. The predicted molar refractivity (Wildman–Crippen MR) is 71.8 cm³/mol. The first-order valence-electron chi connectivity index (χ1n) is 5.54. The van der Waals surface area contributed by atoms with E-state index in [0.29, 0.717) is 0 Å². The monoisotopic (exact) mass is 277 g/mol. The van der Waals surface area contributed by atoms with E-state index >= 15 is 0 Å². The van der Waals surface area contributed by atoms with Crippen molar-refractivity contribution in [3.63, 3.8) is 0 Å². The second-order valence-electron chi connectivity index (χ2n) is 4.11. The number of rotatable bonds is 3. The van der Waals surface area contributed by atoms with E-state index in [9.17, 15) is 0 Å². The molecule has 1 aromatic carbocycles. The van der Waals surface area contributed by atoms with Gasteiger partial charge in [-0.2, -0.15) is 0 Å². The molecule has 0 unspecified atom stereocenters. The highest BCUT2D eigenvalue weighted by Gasteiger charge is 2.03. The van der Waals surface area contributed by atoms with Crippen molar-refractivity contribution >= 4 is 15.9 Å². The fourth-order valence-corrected chi connectivity index (χ4v) is 2.47. The summed E-state index contributed by atoms with van der Waals surface area (Å²) in [6, 6.07) is 12.8. The van der Waals surface area contributed by atoms with E-state index in [1.54, 1.807) is 0 Å². The molecule has 16 heavy (non-hydrogen) atoms. The van der Waals surface area contributed by atoms with Crippen molar-refractivity contribution in [2.75, 3.05) is 0 Å². The molecule has 1 heterocycles. The summed E-state index contributed by atoms with van der Waals surface area (Å²) < 4.78 is 3.57. The summed E-state index contributed by atoms with van der Waals surface area (Å²) in [4.78, 5) is 0. The molecular formula is C14H16BrN. The Labute approximate surface area is 105 Å². The van der Waals surface area contributed by atoms with Gasteiger partial charge in [0.1, 0.15) is 0 Å². The molecule has 0 amide bonds. The zero-order valence-electron chi connectivity index (χ0n) is 9.70. The van der Waals surface area contributed by atoms with Crippen molar-refractivity contribution in [2.24, 2.45) is 0 Å². The molecule has 84 valence electrons. The van der Waals surface area contributed by atoms with E-state index in [2.05, 4.69) is 70.7 Å². The maximum absolute atomic E-state index is 3.59. The third-order valence-electron chi connectivity index (χ3n) is 2.98. The van der Waals surface area contributed by atoms with Gasteiger partial charge in [0, 0.05) is 22.4 Å². The van der Waals surface area contributed by atoms with Gasteiger partial charge in [-0.25, -0.2) is 0 Å². The normalized spacial score (nSPS) is 10.7. The van der Waals surface area contributed by atoms with Crippen LogP contribution in [0.25, 0.3) is 0 Å². The topological polar surface area (TPSA) is 4.93 Å². The molecule has 1 nitrogen and oxygen atoms in total. The van der Waals surface area contributed by atoms with Gasteiger partial charge in [-0.3, -0.25) is 0 Å². The maximum atomic E-state index is 3.59. The minimum atomic E-state index is 1.05. The number of benzene rings is 1. The minimum Gasteiger partial charge on any atom is -0.349 e. The Bertz CT molecular complexity index is 466. The lowest BCUT2D eigenvalue weighted by atomic mass is 10.1. The van der Waals surface area contributed by atoms with Crippen molar-refractivity contribution in [3.05, 3.63) is 57.8 Å². The van der Waals surface area contributed by atoms with Crippen LogP contribution in [-0.2, 0) is 13.0 Å². The van der Waals surface area contributed by atoms with Crippen LogP contribution >= 0.6 is 15.9 Å². The molecule has 2 aromatic rings. The molecule has 0 spiro atoms. The third kappa shape index (κ3) is 2.38. The van der Waals surface area contributed by atoms with Gasteiger partial charge >= 0.3 is 0 Å². The SMILES string of the molecule is Cc1ccc(C)n1CCc1ccccc1Br. The summed E-state index contributed by atoms with van der Waals surface area (Å²) in [5.41, 5.74) is 4.05.